The molecule has 1 aliphatic rings. The van der Waals surface area contributed by atoms with Crippen LogP contribution in [0.2, 0.25) is 0 Å². The molecular weight excluding hydrogens is 288 g/mol. The Labute approximate surface area is 119 Å². The lowest BCUT2D eigenvalue weighted by Crippen LogP contribution is -2.30. The van der Waals surface area contributed by atoms with Crippen LogP contribution in [0, 0.1) is 5.92 Å². The Balaban J connectivity index is 1.88. The summed E-state index contributed by atoms with van der Waals surface area (Å²) in [5.74, 6) is 0.927. The first-order valence-electron chi connectivity index (χ1n) is 7.04. The highest BCUT2D eigenvalue weighted by Gasteiger charge is 2.18. The quantitative estimate of drug-likeness (QED) is 0.891. The van der Waals surface area contributed by atoms with Gasteiger partial charge in [-0.1, -0.05) is 32.1 Å². The second-order valence-electron chi connectivity index (χ2n) is 5.44. The van der Waals surface area contributed by atoms with E-state index in [4.69, 9.17) is 0 Å². The molecule has 1 atom stereocenters. The van der Waals surface area contributed by atoms with Gasteiger partial charge < -0.3 is 5.32 Å². The molecule has 0 saturated heterocycles. The van der Waals surface area contributed by atoms with Gasteiger partial charge in [0.25, 0.3) is 0 Å². The molecule has 0 aromatic carbocycles. The van der Waals surface area contributed by atoms with Crippen LogP contribution < -0.4 is 5.32 Å². The maximum Gasteiger partial charge on any atom is 0.0410 e. The SMILES string of the molecule is CNC(Cc1cncc(Br)c1)CC1CCCCC1. The Kier molecular flexibility index (Phi) is 5.64. The molecule has 18 heavy (non-hydrogen) atoms. The van der Waals surface area contributed by atoms with Crippen molar-refractivity contribution in [1.29, 1.82) is 0 Å². The Morgan fingerprint density at radius 3 is 2.78 bits per heavy atom. The van der Waals surface area contributed by atoms with Crippen LogP contribution in [0.15, 0.2) is 22.9 Å². The molecule has 0 bridgehead atoms. The number of rotatable bonds is 5. The van der Waals surface area contributed by atoms with Crippen molar-refractivity contribution in [2.24, 2.45) is 5.92 Å². The maximum absolute atomic E-state index is 4.24. The summed E-state index contributed by atoms with van der Waals surface area (Å²) >= 11 is 3.49. The highest BCUT2D eigenvalue weighted by atomic mass is 79.9. The number of nitrogens with zero attached hydrogens (tertiary/aromatic N) is 1. The molecule has 0 amide bonds. The minimum atomic E-state index is 0.587. The molecule has 1 aromatic rings. The van der Waals surface area contributed by atoms with Gasteiger partial charge in [0.05, 0.1) is 0 Å². The molecule has 1 saturated carbocycles. The fraction of sp³-hybridized carbons (Fsp3) is 0.667. The van der Waals surface area contributed by atoms with Crippen molar-refractivity contribution in [2.75, 3.05) is 7.05 Å². The van der Waals surface area contributed by atoms with Gasteiger partial charge in [-0.25, -0.2) is 0 Å². The van der Waals surface area contributed by atoms with E-state index in [1.165, 1.54) is 44.1 Å². The third-order valence-electron chi connectivity index (χ3n) is 3.99. The lowest BCUT2D eigenvalue weighted by Gasteiger charge is -2.26. The number of hydrogen-bond donors (Lipinski definition) is 1. The van der Waals surface area contributed by atoms with Gasteiger partial charge in [-0.15, -0.1) is 0 Å². The van der Waals surface area contributed by atoms with E-state index < -0.39 is 0 Å². The number of likely N-dealkylation sites (N-methyl/N-ethyl adjacent to an activating group) is 1. The highest BCUT2D eigenvalue weighted by molar-refractivity contribution is 9.10. The van der Waals surface area contributed by atoms with Gasteiger partial charge in [0, 0.05) is 22.9 Å². The van der Waals surface area contributed by atoms with E-state index in [9.17, 15) is 0 Å². The zero-order valence-corrected chi connectivity index (χ0v) is 12.7. The number of hydrogen-bond acceptors (Lipinski definition) is 2. The van der Waals surface area contributed by atoms with E-state index in [2.05, 4.69) is 39.3 Å². The molecule has 0 radical (unpaired) electrons. The van der Waals surface area contributed by atoms with E-state index in [0.717, 1.165) is 16.8 Å². The van der Waals surface area contributed by atoms with Crippen LogP contribution in [0.25, 0.3) is 0 Å². The number of aromatic nitrogens is 1. The van der Waals surface area contributed by atoms with Crippen LogP contribution in [0.3, 0.4) is 0 Å². The first-order chi connectivity index (χ1) is 8.78. The van der Waals surface area contributed by atoms with Gasteiger partial charge >= 0.3 is 0 Å². The third-order valence-corrected chi connectivity index (χ3v) is 4.43. The number of nitrogens with one attached hydrogen (secondary N) is 1. The molecule has 1 heterocycles. The second kappa shape index (κ2) is 7.25. The van der Waals surface area contributed by atoms with Crippen LogP contribution in [0.4, 0.5) is 0 Å². The van der Waals surface area contributed by atoms with Crippen LogP contribution in [0.5, 0.6) is 0 Å². The van der Waals surface area contributed by atoms with Gasteiger partial charge in [-0.2, -0.15) is 0 Å². The average Bonchev–Trinajstić information content (AvgIpc) is 2.39. The van der Waals surface area contributed by atoms with Crippen molar-refractivity contribution in [3.05, 3.63) is 28.5 Å². The van der Waals surface area contributed by atoms with Crippen LogP contribution in [-0.4, -0.2) is 18.1 Å². The summed E-state index contributed by atoms with van der Waals surface area (Å²) in [5, 5.41) is 3.47. The molecule has 3 heteroatoms. The van der Waals surface area contributed by atoms with Crippen molar-refractivity contribution < 1.29 is 0 Å². The average molecular weight is 311 g/mol. The van der Waals surface area contributed by atoms with E-state index in [1.807, 2.05) is 12.4 Å². The van der Waals surface area contributed by atoms with E-state index in [0.29, 0.717) is 6.04 Å². The van der Waals surface area contributed by atoms with Crippen molar-refractivity contribution in [2.45, 2.75) is 51.0 Å². The second-order valence-corrected chi connectivity index (χ2v) is 6.36. The summed E-state index contributed by atoms with van der Waals surface area (Å²) in [6.07, 6.45) is 13.4. The molecule has 1 aromatic heterocycles. The fourth-order valence-corrected chi connectivity index (χ4v) is 3.39. The zero-order valence-electron chi connectivity index (χ0n) is 11.2. The monoisotopic (exact) mass is 310 g/mol. The van der Waals surface area contributed by atoms with Crippen LogP contribution in [0.1, 0.15) is 44.1 Å². The van der Waals surface area contributed by atoms with Crippen molar-refractivity contribution in [3.8, 4) is 0 Å². The Bertz CT molecular complexity index is 361. The van der Waals surface area contributed by atoms with Crippen molar-refractivity contribution in [1.82, 2.24) is 10.3 Å². The topological polar surface area (TPSA) is 24.9 Å². The Morgan fingerprint density at radius 2 is 2.11 bits per heavy atom. The number of halogens is 1. The largest absolute Gasteiger partial charge is 0.317 e. The highest BCUT2D eigenvalue weighted by Crippen LogP contribution is 2.28. The molecule has 1 aliphatic carbocycles. The Hall–Kier alpha value is -0.410. The molecule has 1 unspecified atom stereocenters. The lowest BCUT2D eigenvalue weighted by atomic mass is 9.84. The van der Waals surface area contributed by atoms with E-state index in [-0.39, 0.29) is 0 Å². The van der Waals surface area contributed by atoms with Crippen molar-refractivity contribution >= 4 is 15.9 Å². The fourth-order valence-electron chi connectivity index (χ4n) is 2.98. The minimum absolute atomic E-state index is 0.587. The molecule has 0 aliphatic heterocycles. The van der Waals surface area contributed by atoms with E-state index in [1.54, 1.807) is 0 Å². The van der Waals surface area contributed by atoms with E-state index >= 15 is 0 Å². The predicted octanol–water partition coefficient (Wildman–Crippen LogP) is 3.95. The summed E-state index contributed by atoms with van der Waals surface area (Å²) in [6.45, 7) is 0. The lowest BCUT2D eigenvalue weighted by molar-refractivity contribution is 0.302. The smallest absolute Gasteiger partial charge is 0.0410 e. The zero-order chi connectivity index (χ0) is 12.8. The Morgan fingerprint density at radius 1 is 1.33 bits per heavy atom. The predicted molar refractivity (Wildman–Crippen MR) is 79.7 cm³/mol. The van der Waals surface area contributed by atoms with Crippen LogP contribution >= 0.6 is 15.9 Å². The normalized spacial score (nSPS) is 18.8. The summed E-state index contributed by atoms with van der Waals surface area (Å²) < 4.78 is 1.08. The first-order valence-corrected chi connectivity index (χ1v) is 7.84. The van der Waals surface area contributed by atoms with Crippen molar-refractivity contribution in [3.63, 3.8) is 0 Å². The van der Waals surface area contributed by atoms with Gasteiger partial charge in [0.15, 0.2) is 0 Å². The molecular formula is C15H23BrN2. The molecule has 2 rings (SSSR count). The van der Waals surface area contributed by atoms with Gasteiger partial charge in [0.1, 0.15) is 0 Å². The number of pyridine rings is 1. The maximum atomic E-state index is 4.24. The van der Waals surface area contributed by atoms with Gasteiger partial charge in [-0.3, -0.25) is 4.98 Å². The molecule has 1 fully saturated rings. The molecule has 1 N–H and O–H groups in total. The standard InChI is InChI=1S/C15H23BrN2/c1-17-15(8-12-5-3-2-4-6-12)9-13-7-14(16)11-18-10-13/h7,10-12,15,17H,2-6,8-9H2,1H3. The summed E-state index contributed by atoms with van der Waals surface area (Å²) in [6, 6.07) is 2.77. The van der Waals surface area contributed by atoms with Gasteiger partial charge in [-0.05, 0) is 53.4 Å². The molecule has 2 nitrogen and oxygen atoms in total. The summed E-state index contributed by atoms with van der Waals surface area (Å²) in [4.78, 5) is 4.24. The third kappa shape index (κ3) is 4.36. The summed E-state index contributed by atoms with van der Waals surface area (Å²) in [7, 11) is 2.08. The molecule has 0 spiro atoms. The van der Waals surface area contributed by atoms with Gasteiger partial charge in [0.2, 0.25) is 0 Å². The first kappa shape index (κ1) is 14.0. The van der Waals surface area contributed by atoms with Crippen LogP contribution in [-0.2, 0) is 6.42 Å². The molecule has 100 valence electrons. The summed E-state index contributed by atoms with van der Waals surface area (Å²) in [5.41, 5.74) is 1.32. The minimum Gasteiger partial charge on any atom is -0.317 e.